The molecule has 0 saturated heterocycles. The highest BCUT2D eigenvalue weighted by Gasteiger charge is 2.26. The van der Waals surface area contributed by atoms with Crippen LogP contribution in [0.3, 0.4) is 0 Å². The summed E-state index contributed by atoms with van der Waals surface area (Å²) in [5.41, 5.74) is -0.437. The maximum atomic E-state index is 11.8. The highest BCUT2D eigenvalue weighted by molar-refractivity contribution is 5.75. The van der Waals surface area contributed by atoms with Gasteiger partial charge in [-0.2, -0.15) is 0 Å². The maximum Gasteiger partial charge on any atom is 0.508 e. The Labute approximate surface area is 147 Å². The zero-order valence-corrected chi connectivity index (χ0v) is 16.2. The minimum absolute atomic E-state index is 0.178. The van der Waals surface area contributed by atoms with Crippen molar-refractivity contribution in [2.75, 3.05) is 19.8 Å². The van der Waals surface area contributed by atoms with Gasteiger partial charge in [0.1, 0.15) is 0 Å². The first-order valence-electron chi connectivity index (χ1n) is 9.34. The number of carbonyl (C=O) groups excluding carboxylic acids is 2. The van der Waals surface area contributed by atoms with E-state index in [1.807, 2.05) is 20.8 Å². The number of rotatable bonds is 13. The fourth-order valence-corrected chi connectivity index (χ4v) is 1.99. The Morgan fingerprint density at radius 3 is 2.08 bits per heavy atom. The van der Waals surface area contributed by atoms with Gasteiger partial charge in [0.05, 0.1) is 25.2 Å². The Morgan fingerprint density at radius 1 is 0.917 bits per heavy atom. The maximum absolute atomic E-state index is 11.8. The van der Waals surface area contributed by atoms with Crippen LogP contribution < -0.4 is 0 Å². The minimum Gasteiger partial charge on any atom is -0.465 e. The first-order valence-corrected chi connectivity index (χ1v) is 9.34. The summed E-state index contributed by atoms with van der Waals surface area (Å²) < 4.78 is 15.4. The fraction of sp³-hybridized carbons (Fsp3) is 0.895. The molecule has 0 aliphatic heterocycles. The van der Waals surface area contributed by atoms with E-state index in [0.29, 0.717) is 38.6 Å². The number of hydrogen-bond donors (Lipinski definition) is 0. The molecule has 0 fully saturated rings. The predicted molar refractivity (Wildman–Crippen MR) is 94.9 cm³/mol. The average molecular weight is 344 g/mol. The van der Waals surface area contributed by atoms with Gasteiger partial charge in [-0.15, -0.1) is 0 Å². The van der Waals surface area contributed by atoms with Gasteiger partial charge < -0.3 is 14.2 Å². The van der Waals surface area contributed by atoms with Gasteiger partial charge >= 0.3 is 12.1 Å². The Morgan fingerprint density at radius 2 is 1.54 bits per heavy atom. The molecule has 0 heterocycles. The van der Waals surface area contributed by atoms with Crippen LogP contribution in [0.1, 0.15) is 79.6 Å². The summed E-state index contributed by atoms with van der Waals surface area (Å²) in [7, 11) is 0. The van der Waals surface area contributed by atoms with Gasteiger partial charge in [0.2, 0.25) is 0 Å². The summed E-state index contributed by atoms with van der Waals surface area (Å²) in [6, 6.07) is 0. The summed E-state index contributed by atoms with van der Waals surface area (Å²) in [5, 5.41) is 0. The molecule has 24 heavy (non-hydrogen) atoms. The van der Waals surface area contributed by atoms with Crippen LogP contribution >= 0.6 is 0 Å². The molecular formula is C19H36O5. The smallest absolute Gasteiger partial charge is 0.465 e. The lowest BCUT2D eigenvalue weighted by molar-refractivity contribution is -0.154. The van der Waals surface area contributed by atoms with E-state index in [4.69, 9.17) is 14.2 Å². The molecule has 0 radical (unpaired) electrons. The quantitative estimate of drug-likeness (QED) is 0.343. The zero-order valence-electron chi connectivity index (χ0n) is 16.2. The van der Waals surface area contributed by atoms with Crippen LogP contribution in [-0.2, 0) is 19.0 Å². The molecule has 0 amide bonds. The Kier molecular flexibility index (Phi) is 12.4. The summed E-state index contributed by atoms with van der Waals surface area (Å²) in [6.45, 7) is 11.1. The number of hydrogen-bond acceptors (Lipinski definition) is 5. The molecule has 0 aliphatic rings. The molecule has 0 aromatic rings. The van der Waals surface area contributed by atoms with Crippen molar-refractivity contribution in [3.05, 3.63) is 0 Å². The minimum atomic E-state index is -0.603. The Balaban J connectivity index is 3.67. The summed E-state index contributed by atoms with van der Waals surface area (Å²) in [5.74, 6) is 0.238. The van der Waals surface area contributed by atoms with E-state index in [1.54, 1.807) is 0 Å². The third kappa shape index (κ3) is 10.5. The lowest BCUT2D eigenvalue weighted by atomic mass is 9.91. The number of ether oxygens (including phenoxy) is 3. The zero-order chi connectivity index (χ0) is 18.4. The second kappa shape index (κ2) is 13.1. The van der Waals surface area contributed by atoms with Crippen LogP contribution in [0.25, 0.3) is 0 Å². The molecule has 0 bridgehead atoms. The normalized spacial score (nSPS) is 12.5. The van der Waals surface area contributed by atoms with E-state index in [0.717, 1.165) is 32.1 Å². The standard InChI is InChI=1S/C19H36O5/c1-6-9-12-16(7-2)15-24-18(21)23-14-11-10-13-22-17(20)19(4,5)8-3/h16H,6-15H2,1-5H3. The van der Waals surface area contributed by atoms with E-state index in [9.17, 15) is 9.59 Å². The molecule has 0 aromatic carbocycles. The average Bonchev–Trinajstić information content (AvgIpc) is 2.57. The van der Waals surface area contributed by atoms with Gasteiger partial charge in [0, 0.05) is 0 Å². The summed E-state index contributed by atoms with van der Waals surface area (Å²) in [6.07, 6.45) is 5.87. The molecule has 0 N–H and O–H groups in total. The lowest BCUT2D eigenvalue weighted by Crippen LogP contribution is -2.26. The van der Waals surface area contributed by atoms with Gasteiger partial charge in [-0.05, 0) is 45.4 Å². The SMILES string of the molecule is CCCCC(CC)COC(=O)OCCCCOC(=O)C(C)(C)CC. The fourth-order valence-electron chi connectivity index (χ4n) is 1.99. The molecular weight excluding hydrogens is 308 g/mol. The van der Waals surface area contributed by atoms with E-state index in [2.05, 4.69) is 13.8 Å². The molecule has 1 atom stereocenters. The molecule has 0 spiro atoms. The van der Waals surface area contributed by atoms with Crippen molar-refractivity contribution in [1.82, 2.24) is 0 Å². The van der Waals surface area contributed by atoms with Crippen molar-refractivity contribution in [3.63, 3.8) is 0 Å². The third-order valence-corrected chi connectivity index (χ3v) is 4.41. The molecule has 1 unspecified atom stereocenters. The van der Waals surface area contributed by atoms with Crippen LogP contribution in [0.15, 0.2) is 0 Å². The second-order valence-electron chi connectivity index (χ2n) is 6.91. The predicted octanol–water partition coefficient (Wildman–Crippen LogP) is 5.12. The van der Waals surface area contributed by atoms with Gasteiger partial charge in [-0.25, -0.2) is 4.79 Å². The third-order valence-electron chi connectivity index (χ3n) is 4.41. The molecule has 0 saturated carbocycles. The Hall–Kier alpha value is -1.26. The molecule has 0 aliphatic carbocycles. The van der Waals surface area contributed by atoms with E-state index in [1.165, 1.54) is 0 Å². The van der Waals surface area contributed by atoms with Crippen molar-refractivity contribution >= 4 is 12.1 Å². The monoisotopic (exact) mass is 344 g/mol. The van der Waals surface area contributed by atoms with Crippen LogP contribution in [0.2, 0.25) is 0 Å². The van der Waals surface area contributed by atoms with Crippen LogP contribution in [0.5, 0.6) is 0 Å². The van der Waals surface area contributed by atoms with Crippen molar-refractivity contribution in [3.8, 4) is 0 Å². The highest BCUT2D eigenvalue weighted by Crippen LogP contribution is 2.21. The molecule has 5 nitrogen and oxygen atoms in total. The summed E-state index contributed by atoms with van der Waals surface area (Å²) >= 11 is 0. The number of carbonyl (C=O) groups is 2. The van der Waals surface area contributed by atoms with Crippen LogP contribution in [0, 0.1) is 11.3 Å². The van der Waals surface area contributed by atoms with Gasteiger partial charge in [0.25, 0.3) is 0 Å². The lowest BCUT2D eigenvalue weighted by Gasteiger charge is -2.20. The first-order chi connectivity index (χ1) is 11.4. The Bertz CT molecular complexity index is 352. The number of unbranched alkanes of at least 4 members (excludes halogenated alkanes) is 2. The highest BCUT2D eigenvalue weighted by atomic mass is 16.7. The number of esters is 1. The molecule has 0 aromatic heterocycles. The van der Waals surface area contributed by atoms with Crippen molar-refractivity contribution in [1.29, 1.82) is 0 Å². The largest absolute Gasteiger partial charge is 0.508 e. The van der Waals surface area contributed by atoms with Crippen molar-refractivity contribution in [2.24, 2.45) is 11.3 Å². The van der Waals surface area contributed by atoms with Gasteiger partial charge in [-0.1, -0.05) is 40.0 Å². The van der Waals surface area contributed by atoms with Crippen LogP contribution in [-0.4, -0.2) is 31.9 Å². The van der Waals surface area contributed by atoms with E-state index < -0.39 is 11.6 Å². The molecule has 142 valence electrons. The van der Waals surface area contributed by atoms with Gasteiger partial charge in [-0.3, -0.25) is 4.79 Å². The van der Waals surface area contributed by atoms with Gasteiger partial charge in [0.15, 0.2) is 0 Å². The van der Waals surface area contributed by atoms with Crippen molar-refractivity contribution < 1.29 is 23.8 Å². The summed E-state index contributed by atoms with van der Waals surface area (Å²) in [4.78, 5) is 23.3. The van der Waals surface area contributed by atoms with E-state index >= 15 is 0 Å². The molecule has 5 heteroatoms. The van der Waals surface area contributed by atoms with Crippen LogP contribution in [0.4, 0.5) is 4.79 Å². The second-order valence-corrected chi connectivity index (χ2v) is 6.91. The van der Waals surface area contributed by atoms with Crippen molar-refractivity contribution in [2.45, 2.75) is 79.6 Å². The first kappa shape index (κ1) is 22.7. The topological polar surface area (TPSA) is 61.8 Å². The molecule has 0 rings (SSSR count). The van der Waals surface area contributed by atoms with E-state index in [-0.39, 0.29) is 5.97 Å².